The van der Waals surface area contributed by atoms with Crippen LogP contribution in [0.4, 0.5) is 14.9 Å². The van der Waals surface area contributed by atoms with E-state index >= 15 is 0 Å². The van der Waals surface area contributed by atoms with Gasteiger partial charge in [-0.3, -0.25) is 4.79 Å². The van der Waals surface area contributed by atoms with E-state index in [9.17, 15) is 9.18 Å². The van der Waals surface area contributed by atoms with Gasteiger partial charge in [0.2, 0.25) is 0 Å². The fourth-order valence-electron chi connectivity index (χ4n) is 3.10. The van der Waals surface area contributed by atoms with Crippen molar-refractivity contribution in [3.8, 4) is 0 Å². The van der Waals surface area contributed by atoms with Crippen molar-refractivity contribution in [1.82, 2.24) is 9.88 Å². The van der Waals surface area contributed by atoms with E-state index in [1.807, 2.05) is 12.3 Å². The Balaban J connectivity index is 0.000000415. The van der Waals surface area contributed by atoms with Gasteiger partial charge in [-0.15, -0.1) is 0 Å². The molecular formula is C17H20FN3O4. The molecular weight excluding hydrogens is 329 g/mol. The molecule has 7 nitrogen and oxygen atoms in total. The van der Waals surface area contributed by atoms with Gasteiger partial charge >= 0.3 is 6.16 Å². The standard InChI is InChI=1S/C16H18FN3O.CH2O3/c17-13-9-12-14(10-15(13)19-7-4-18-5-8-19)20(11-1-2-11)6-3-16(12)21;2-1(3)4/h3,6,9-11,18H,1-2,4-5,7-8H2;(H2,2,3,4). The summed E-state index contributed by atoms with van der Waals surface area (Å²) in [6.07, 6.45) is 2.29. The van der Waals surface area contributed by atoms with E-state index in [0.29, 0.717) is 17.1 Å². The second-order valence-corrected chi connectivity index (χ2v) is 6.16. The van der Waals surface area contributed by atoms with Crippen molar-refractivity contribution in [3.63, 3.8) is 0 Å². The first kappa shape index (κ1) is 17.2. The third kappa shape index (κ3) is 3.90. The Hall–Kier alpha value is -2.61. The van der Waals surface area contributed by atoms with Crippen molar-refractivity contribution < 1.29 is 19.4 Å². The molecule has 0 bridgehead atoms. The number of pyridine rings is 1. The van der Waals surface area contributed by atoms with Crippen molar-refractivity contribution >= 4 is 22.7 Å². The first-order valence-corrected chi connectivity index (χ1v) is 8.19. The number of carboxylic acid groups (broad SMARTS) is 2. The molecule has 2 aromatic rings. The Kier molecular flexibility index (Phi) is 4.89. The predicted molar refractivity (Wildman–Crippen MR) is 92.2 cm³/mol. The van der Waals surface area contributed by atoms with Crippen molar-refractivity contribution in [2.75, 3.05) is 31.1 Å². The van der Waals surface area contributed by atoms with Gasteiger partial charge < -0.3 is 25.0 Å². The number of rotatable bonds is 2. The molecule has 1 aromatic heterocycles. The van der Waals surface area contributed by atoms with Crippen molar-refractivity contribution in [3.05, 3.63) is 40.4 Å². The van der Waals surface area contributed by atoms with Gasteiger partial charge in [-0.2, -0.15) is 0 Å². The molecule has 1 saturated carbocycles. The maximum atomic E-state index is 14.4. The van der Waals surface area contributed by atoms with Crippen LogP contribution in [0.2, 0.25) is 0 Å². The van der Waals surface area contributed by atoms with Crippen LogP contribution in [0.1, 0.15) is 18.9 Å². The first-order chi connectivity index (χ1) is 12.0. The maximum Gasteiger partial charge on any atom is 0.503 e. The third-order valence-corrected chi connectivity index (χ3v) is 4.39. The van der Waals surface area contributed by atoms with Crippen LogP contribution < -0.4 is 15.6 Å². The van der Waals surface area contributed by atoms with E-state index in [1.165, 1.54) is 6.07 Å². The summed E-state index contributed by atoms with van der Waals surface area (Å²) in [5.41, 5.74) is 1.37. The predicted octanol–water partition coefficient (Wildman–Crippen LogP) is 2.11. The number of hydrogen-bond donors (Lipinski definition) is 3. The second kappa shape index (κ2) is 7.10. The molecule has 25 heavy (non-hydrogen) atoms. The highest BCUT2D eigenvalue weighted by molar-refractivity contribution is 5.83. The Bertz CT molecular complexity index is 838. The summed E-state index contributed by atoms with van der Waals surface area (Å²) in [5.74, 6) is -0.296. The average molecular weight is 349 g/mol. The number of fused-ring (bicyclic) bond motifs is 1. The topological polar surface area (TPSA) is 94.8 Å². The smallest absolute Gasteiger partial charge is 0.450 e. The molecule has 0 amide bonds. The number of carbonyl (C=O) groups is 1. The van der Waals surface area contributed by atoms with E-state index < -0.39 is 6.16 Å². The average Bonchev–Trinajstić information content (AvgIpc) is 3.40. The lowest BCUT2D eigenvalue weighted by atomic mass is 10.1. The molecule has 1 aliphatic carbocycles. The fraction of sp³-hybridized carbons (Fsp3) is 0.412. The van der Waals surface area contributed by atoms with Crippen LogP contribution in [-0.2, 0) is 0 Å². The molecule has 0 unspecified atom stereocenters. The molecule has 0 atom stereocenters. The van der Waals surface area contributed by atoms with Gasteiger partial charge in [-0.05, 0) is 25.0 Å². The maximum absolute atomic E-state index is 14.4. The van der Waals surface area contributed by atoms with Crippen molar-refractivity contribution in [2.24, 2.45) is 0 Å². The zero-order chi connectivity index (χ0) is 18.0. The molecule has 2 heterocycles. The van der Waals surface area contributed by atoms with E-state index in [0.717, 1.165) is 44.5 Å². The fourth-order valence-corrected chi connectivity index (χ4v) is 3.10. The van der Waals surface area contributed by atoms with E-state index in [-0.39, 0.29) is 11.2 Å². The molecule has 0 radical (unpaired) electrons. The van der Waals surface area contributed by atoms with Gasteiger partial charge in [0.15, 0.2) is 5.43 Å². The van der Waals surface area contributed by atoms with Gasteiger partial charge in [-0.25, -0.2) is 9.18 Å². The first-order valence-electron chi connectivity index (χ1n) is 8.19. The van der Waals surface area contributed by atoms with Crippen molar-refractivity contribution in [2.45, 2.75) is 18.9 Å². The zero-order valence-corrected chi connectivity index (χ0v) is 13.6. The van der Waals surface area contributed by atoms with Crippen LogP contribution in [0.3, 0.4) is 0 Å². The van der Waals surface area contributed by atoms with Gasteiger partial charge in [0.1, 0.15) is 5.82 Å². The molecule has 134 valence electrons. The SMILES string of the molecule is O=C(O)O.O=c1ccn(C2CC2)c2cc(N3CCNCC3)c(F)cc12. The summed E-state index contributed by atoms with van der Waals surface area (Å²) in [4.78, 5) is 22.6. The molecule has 0 spiro atoms. The lowest BCUT2D eigenvalue weighted by molar-refractivity contribution is 0.137. The van der Waals surface area contributed by atoms with Crippen molar-refractivity contribution in [1.29, 1.82) is 0 Å². The molecule has 3 N–H and O–H groups in total. The number of anilines is 1. The van der Waals surface area contributed by atoms with Crippen LogP contribution in [0.15, 0.2) is 29.2 Å². The van der Waals surface area contributed by atoms with Crippen LogP contribution in [-0.4, -0.2) is 47.1 Å². The van der Waals surface area contributed by atoms with Crippen LogP contribution in [0.25, 0.3) is 10.9 Å². The summed E-state index contributed by atoms with van der Waals surface area (Å²) in [7, 11) is 0. The second-order valence-electron chi connectivity index (χ2n) is 6.16. The van der Waals surface area contributed by atoms with Crippen LogP contribution in [0, 0.1) is 5.82 Å². The van der Waals surface area contributed by atoms with Gasteiger partial charge in [0.05, 0.1) is 11.2 Å². The quantitative estimate of drug-likeness (QED) is 0.769. The molecule has 8 heteroatoms. The largest absolute Gasteiger partial charge is 0.503 e. The molecule has 1 aliphatic heterocycles. The molecule has 1 aromatic carbocycles. The number of nitrogens with zero attached hydrogens (tertiary/aromatic N) is 2. The zero-order valence-electron chi connectivity index (χ0n) is 13.6. The summed E-state index contributed by atoms with van der Waals surface area (Å²) in [6.45, 7) is 3.31. The lowest BCUT2D eigenvalue weighted by Gasteiger charge is -2.30. The van der Waals surface area contributed by atoms with E-state index in [1.54, 1.807) is 6.07 Å². The lowest BCUT2D eigenvalue weighted by Crippen LogP contribution is -2.43. The number of halogens is 1. The van der Waals surface area contributed by atoms with Gasteiger partial charge in [0.25, 0.3) is 0 Å². The minimum absolute atomic E-state index is 0.104. The Morgan fingerprint density at radius 2 is 1.84 bits per heavy atom. The normalized spacial score (nSPS) is 17.1. The van der Waals surface area contributed by atoms with Crippen LogP contribution >= 0.6 is 0 Å². The molecule has 2 fully saturated rings. The minimum atomic E-state index is -1.83. The summed E-state index contributed by atoms with van der Waals surface area (Å²) in [5, 5.41) is 17.7. The number of benzene rings is 1. The Morgan fingerprint density at radius 3 is 2.44 bits per heavy atom. The van der Waals surface area contributed by atoms with E-state index in [4.69, 9.17) is 15.0 Å². The minimum Gasteiger partial charge on any atom is -0.450 e. The third-order valence-electron chi connectivity index (χ3n) is 4.39. The monoisotopic (exact) mass is 349 g/mol. The number of piperazine rings is 1. The molecule has 1 saturated heterocycles. The highest BCUT2D eigenvalue weighted by atomic mass is 19.1. The van der Waals surface area contributed by atoms with Gasteiger partial charge in [-0.1, -0.05) is 0 Å². The van der Waals surface area contributed by atoms with Gasteiger partial charge in [0, 0.05) is 49.9 Å². The summed E-state index contributed by atoms with van der Waals surface area (Å²) < 4.78 is 16.5. The summed E-state index contributed by atoms with van der Waals surface area (Å²) >= 11 is 0. The highest BCUT2D eigenvalue weighted by Gasteiger charge is 2.25. The Labute approximate surface area is 143 Å². The van der Waals surface area contributed by atoms with E-state index in [2.05, 4.69) is 14.8 Å². The van der Waals surface area contributed by atoms with Crippen LogP contribution in [0.5, 0.6) is 0 Å². The Morgan fingerprint density at radius 1 is 1.20 bits per heavy atom. The molecule has 2 aliphatic rings. The highest BCUT2D eigenvalue weighted by Crippen LogP contribution is 2.37. The molecule has 4 rings (SSSR count). The number of nitrogens with one attached hydrogen (secondary N) is 1. The number of hydrogen-bond acceptors (Lipinski definition) is 4. The number of aromatic nitrogens is 1. The summed E-state index contributed by atoms with van der Waals surface area (Å²) in [6, 6.07) is 5.28.